The number of rotatable bonds is 12. The molecule has 0 aliphatic carbocycles. The van der Waals surface area contributed by atoms with Crippen LogP contribution in [-0.4, -0.2) is 46.7 Å². The van der Waals surface area contributed by atoms with Crippen molar-refractivity contribution in [1.29, 1.82) is 0 Å². The fraction of sp³-hybridized carbons (Fsp3) is 0.867. The molecule has 0 aromatic heterocycles. The molecule has 1 aliphatic heterocycles. The Morgan fingerprint density at radius 3 is 1.54 bits per heavy atom. The second-order valence-electron chi connectivity index (χ2n) is 12.4. The Labute approximate surface area is 228 Å². The van der Waals surface area contributed by atoms with E-state index in [1.807, 2.05) is 41.5 Å². The predicted octanol–water partition coefficient (Wildman–Crippen LogP) is 6.10. The van der Waals surface area contributed by atoms with Crippen molar-refractivity contribution in [3.05, 3.63) is 0 Å². The minimum Gasteiger partial charge on any atom is -0.354 e. The van der Waals surface area contributed by atoms with Crippen molar-refractivity contribution in [2.24, 2.45) is 23.7 Å². The monoisotopic (exact) mass is 525 g/mol. The average molecular weight is 526 g/mol. The third-order valence-electron chi connectivity index (χ3n) is 5.58. The van der Waals surface area contributed by atoms with Gasteiger partial charge in [0.1, 0.15) is 0 Å². The molecule has 1 heterocycles. The molecule has 218 valence electrons. The summed E-state index contributed by atoms with van der Waals surface area (Å²) in [5.41, 5.74) is 0. The minimum absolute atomic E-state index is 0.00403. The van der Waals surface area contributed by atoms with E-state index in [0.717, 1.165) is 25.7 Å². The van der Waals surface area contributed by atoms with Crippen LogP contribution in [0, 0.1) is 23.7 Å². The SMILES string of the molecule is CC(C)CC1CC(=O)N(C(C)C)C1=O.CC(C)CCC(=O)NC(C)C.CC(C)CCCC(=O)NC(C)C. The van der Waals surface area contributed by atoms with Crippen LogP contribution in [0.25, 0.3) is 0 Å². The number of carbonyl (C=O) groups excluding carboxylic acids is 4. The Morgan fingerprint density at radius 1 is 0.730 bits per heavy atom. The van der Waals surface area contributed by atoms with Crippen molar-refractivity contribution in [2.45, 2.75) is 146 Å². The highest BCUT2D eigenvalue weighted by molar-refractivity contribution is 6.03. The minimum atomic E-state index is -0.0649. The number of amides is 4. The Morgan fingerprint density at radius 2 is 1.19 bits per heavy atom. The molecule has 0 aromatic carbocycles. The van der Waals surface area contributed by atoms with Crippen LogP contribution in [0.3, 0.4) is 0 Å². The van der Waals surface area contributed by atoms with E-state index in [1.54, 1.807) is 0 Å². The van der Waals surface area contributed by atoms with Gasteiger partial charge in [0.15, 0.2) is 0 Å². The lowest BCUT2D eigenvalue weighted by atomic mass is 9.96. The van der Waals surface area contributed by atoms with Gasteiger partial charge in [-0.25, -0.2) is 0 Å². The van der Waals surface area contributed by atoms with Gasteiger partial charge in [-0.2, -0.15) is 0 Å². The van der Waals surface area contributed by atoms with Crippen LogP contribution in [0.4, 0.5) is 0 Å². The van der Waals surface area contributed by atoms with Crippen molar-refractivity contribution in [3.63, 3.8) is 0 Å². The van der Waals surface area contributed by atoms with Gasteiger partial charge < -0.3 is 10.6 Å². The molecule has 2 N–H and O–H groups in total. The zero-order chi connectivity index (χ0) is 29.3. The maximum Gasteiger partial charge on any atom is 0.233 e. The molecule has 4 amide bonds. The number of hydrogen-bond donors (Lipinski definition) is 2. The van der Waals surface area contributed by atoms with E-state index in [-0.39, 0.29) is 47.7 Å². The lowest BCUT2D eigenvalue weighted by molar-refractivity contribution is -0.141. The quantitative estimate of drug-likeness (QED) is 0.301. The average Bonchev–Trinajstić information content (AvgIpc) is 2.98. The van der Waals surface area contributed by atoms with Crippen molar-refractivity contribution in [3.8, 4) is 0 Å². The van der Waals surface area contributed by atoms with Crippen LogP contribution in [0.5, 0.6) is 0 Å². The predicted molar refractivity (Wildman–Crippen MR) is 154 cm³/mol. The van der Waals surface area contributed by atoms with Gasteiger partial charge in [-0.15, -0.1) is 0 Å². The first kappa shape index (κ1) is 37.2. The molecule has 0 saturated carbocycles. The van der Waals surface area contributed by atoms with E-state index in [2.05, 4.69) is 52.2 Å². The summed E-state index contributed by atoms with van der Waals surface area (Å²) in [6.45, 7) is 24.5. The van der Waals surface area contributed by atoms with E-state index in [1.165, 1.54) is 4.90 Å². The summed E-state index contributed by atoms with van der Waals surface area (Å²) in [7, 11) is 0. The number of nitrogens with zero attached hydrogens (tertiary/aromatic N) is 1. The van der Waals surface area contributed by atoms with Gasteiger partial charge in [0.25, 0.3) is 0 Å². The van der Waals surface area contributed by atoms with Crippen LogP contribution in [0.1, 0.15) is 128 Å². The molecule has 37 heavy (non-hydrogen) atoms. The number of imide groups is 1. The van der Waals surface area contributed by atoms with E-state index in [0.29, 0.717) is 37.0 Å². The lowest BCUT2D eigenvalue weighted by Gasteiger charge is -2.19. The Bertz CT molecular complexity index is 670. The molecule has 7 heteroatoms. The second-order valence-corrected chi connectivity index (χ2v) is 12.4. The Hall–Kier alpha value is -1.92. The molecule has 0 aromatic rings. The van der Waals surface area contributed by atoms with Crippen LogP contribution in [-0.2, 0) is 19.2 Å². The normalized spacial score (nSPS) is 15.4. The molecule has 1 saturated heterocycles. The Balaban J connectivity index is 0. The largest absolute Gasteiger partial charge is 0.354 e. The molecule has 0 bridgehead atoms. The van der Waals surface area contributed by atoms with Gasteiger partial charge in [-0.1, -0.05) is 48.0 Å². The number of nitrogens with one attached hydrogen (secondary N) is 2. The molecule has 1 aliphatic rings. The fourth-order valence-electron chi connectivity index (χ4n) is 3.89. The van der Waals surface area contributed by atoms with Crippen LogP contribution >= 0.6 is 0 Å². The molecule has 1 atom stereocenters. The van der Waals surface area contributed by atoms with Gasteiger partial charge >= 0.3 is 0 Å². The lowest BCUT2D eigenvalue weighted by Crippen LogP contribution is -2.36. The molecule has 7 nitrogen and oxygen atoms in total. The smallest absolute Gasteiger partial charge is 0.233 e. The van der Waals surface area contributed by atoms with Gasteiger partial charge in [0.05, 0.1) is 0 Å². The summed E-state index contributed by atoms with van der Waals surface area (Å²) >= 11 is 0. The first-order valence-electron chi connectivity index (χ1n) is 14.4. The highest BCUT2D eigenvalue weighted by Gasteiger charge is 2.39. The van der Waals surface area contributed by atoms with Crippen molar-refractivity contribution >= 4 is 23.6 Å². The van der Waals surface area contributed by atoms with E-state index in [9.17, 15) is 19.2 Å². The van der Waals surface area contributed by atoms with Crippen molar-refractivity contribution in [2.75, 3.05) is 0 Å². The molecule has 1 fully saturated rings. The molecule has 0 spiro atoms. The fourth-order valence-corrected chi connectivity index (χ4v) is 3.89. The molecular weight excluding hydrogens is 466 g/mol. The number of likely N-dealkylation sites (tertiary alicyclic amines) is 1. The molecule has 1 unspecified atom stereocenters. The van der Waals surface area contributed by atoms with Gasteiger partial charge in [0.2, 0.25) is 23.6 Å². The summed E-state index contributed by atoms with van der Waals surface area (Å²) < 4.78 is 0. The zero-order valence-corrected chi connectivity index (χ0v) is 26.1. The maximum absolute atomic E-state index is 11.8. The van der Waals surface area contributed by atoms with Crippen LogP contribution in [0.15, 0.2) is 0 Å². The summed E-state index contributed by atoms with van der Waals surface area (Å²) in [5, 5.41) is 5.74. The highest BCUT2D eigenvalue weighted by atomic mass is 16.2. The van der Waals surface area contributed by atoms with Gasteiger partial charge in [-0.3, -0.25) is 24.1 Å². The topological polar surface area (TPSA) is 95.6 Å². The number of carbonyl (C=O) groups is 4. The molecule has 1 rings (SSSR count). The van der Waals surface area contributed by atoms with Crippen molar-refractivity contribution in [1.82, 2.24) is 15.5 Å². The number of hydrogen-bond acceptors (Lipinski definition) is 4. The third-order valence-corrected chi connectivity index (χ3v) is 5.58. The summed E-state index contributed by atoms with van der Waals surface area (Å²) in [6.07, 6.45) is 5.72. The summed E-state index contributed by atoms with van der Waals surface area (Å²) in [5.74, 6) is 2.12. The Kier molecular flexibility index (Phi) is 20.2. The van der Waals surface area contributed by atoms with Gasteiger partial charge in [0, 0.05) is 43.3 Å². The van der Waals surface area contributed by atoms with Crippen LogP contribution < -0.4 is 10.6 Å². The first-order chi connectivity index (χ1) is 17.0. The standard InChI is InChI=1S/C11H19NO2.C10H21NO.C9H19NO/c1-7(2)5-9-6-10(13)12(8(3)4)11(9)14;1-8(2)6-5-7-10(12)11-9(3)4;1-7(2)5-6-9(11)10-8(3)4/h7-9H,5-6H2,1-4H3;8-9H,5-7H2,1-4H3,(H,11,12);7-8H,5-6H2,1-4H3,(H,10,11). The van der Waals surface area contributed by atoms with Gasteiger partial charge in [-0.05, 0) is 78.6 Å². The van der Waals surface area contributed by atoms with Crippen LogP contribution in [0.2, 0.25) is 0 Å². The molecular formula is C30H59N3O4. The summed E-state index contributed by atoms with van der Waals surface area (Å²) in [6, 6.07) is 0.554. The zero-order valence-electron chi connectivity index (χ0n) is 26.1. The third kappa shape index (κ3) is 20.8. The van der Waals surface area contributed by atoms with E-state index in [4.69, 9.17) is 0 Å². The maximum atomic E-state index is 11.8. The van der Waals surface area contributed by atoms with Crippen molar-refractivity contribution < 1.29 is 19.2 Å². The van der Waals surface area contributed by atoms with E-state index < -0.39 is 0 Å². The first-order valence-corrected chi connectivity index (χ1v) is 14.4. The second kappa shape index (κ2) is 20.1. The summed E-state index contributed by atoms with van der Waals surface area (Å²) in [4.78, 5) is 46.9. The molecule has 0 radical (unpaired) electrons. The van der Waals surface area contributed by atoms with E-state index >= 15 is 0 Å². The highest BCUT2D eigenvalue weighted by Crippen LogP contribution is 2.27.